The first-order chi connectivity index (χ1) is 7.84. The quantitative estimate of drug-likeness (QED) is 0.826. The van der Waals surface area contributed by atoms with Crippen molar-refractivity contribution in [2.45, 2.75) is 57.5 Å². The van der Waals surface area contributed by atoms with Crippen molar-refractivity contribution in [1.29, 1.82) is 0 Å². The molecule has 16 heavy (non-hydrogen) atoms. The van der Waals surface area contributed by atoms with Crippen LogP contribution in [0.4, 0.5) is 0 Å². The zero-order valence-corrected chi connectivity index (χ0v) is 9.90. The lowest BCUT2D eigenvalue weighted by molar-refractivity contribution is 0.143. The molecule has 1 aromatic rings. The Hall–Kier alpha value is -0.760. The molecule has 1 fully saturated rings. The first-order valence-corrected chi connectivity index (χ1v) is 6.55. The lowest BCUT2D eigenvalue weighted by atomic mass is 9.85. The van der Waals surface area contributed by atoms with Crippen LogP contribution in [0.5, 0.6) is 0 Å². The Morgan fingerprint density at radius 2 is 2.12 bits per heavy atom. The second-order valence-corrected chi connectivity index (χ2v) is 5.02. The Balaban J connectivity index is 1.65. The number of hydrogen-bond donors (Lipinski definition) is 1. The maximum Gasteiger partial charge on any atom is 0.106 e. The van der Waals surface area contributed by atoms with E-state index >= 15 is 0 Å². The van der Waals surface area contributed by atoms with Crippen LogP contribution in [-0.2, 0) is 6.42 Å². The summed E-state index contributed by atoms with van der Waals surface area (Å²) >= 11 is 0. The topological polar surface area (TPSA) is 33.4 Å². The lowest BCUT2D eigenvalue weighted by Crippen LogP contribution is -2.14. The van der Waals surface area contributed by atoms with Crippen LogP contribution in [0.3, 0.4) is 0 Å². The summed E-state index contributed by atoms with van der Waals surface area (Å²) in [4.78, 5) is 0. The normalized spacial score (nSPS) is 19.8. The van der Waals surface area contributed by atoms with E-state index in [-0.39, 0.29) is 6.10 Å². The molecule has 1 saturated carbocycles. The molecule has 1 atom stereocenters. The minimum absolute atomic E-state index is 0.229. The van der Waals surface area contributed by atoms with Gasteiger partial charge in [-0.25, -0.2) is 0 Å². The average molecular weight is 222 g/mol. The van der Waals surface area contributed by atoms with Crippen LogP contribution in [0.15, 0.2) is 22.8 Å². The van der Waals surface area contributed by atoms with Gasteiger partial charge in [0.15, 0.2) is 0 Å². The Morgan fingerprint density at radius 3 is 2.81 bits per heavy atom. The molecular formula is C14H22O2. The molecule has 1 aliphatic carbocycles. The molecule has 1 aromatic heterocycles. The number of hydrogen-bond acceptors (Lipinski definition) is 2. The molecule has 0 bridgehead atoms. The Morgan fingerprint density at radius 1 is 1.31 bits per heavy atom. The predicted molar refractivity (Wildman–Crippen MR) is 64.2 cm³/mol. The van der Waals surface area contributed by atoms with E-state index in [1.54, 1.807) is 6.26 Å². The van der Waals surface area contributed by atoms with E-state index < -0.39 is 0 Å². The molecule has 2 heteroatoms. The van der Waals surface area contributed by atoms with Gasteiger partial charge >= 0.3 is 0 Å². The smallest absolute Gasteiger partial charge is 0.106 e. The number of aliphatic hydroxyl groups excluding tert-OH is 1. The van der Waals surface area contributed by atoms with Crippen molar-refractivity contribution in [3.8, 4) is 0 Å². The summed E-state index contributed by atoms with van der Waals surface area (Å²) in [6, 6.07) is 3.81. The van der Waals surface area contributed by atoms with Gasteiger partial charge in [-0.2, -0.15) is 0 Å². The highest BCUT2D eigenvalue weighted by molar-refractivity contribution is 4.99. The van der Waals surface area contributed by atoms with E-state index in [1.807, 2.05) is 12.1 Å². The standard InChI is InChI=1S/C14H22O2/c15-13(11-14-7-4-10-16-14)9-8-12-5-2-1-3-6-12/h4,7,10,12-13,15H,1-3,5-6,8-9,11H2. The van der Waals surface area contributed by atoms with Crippen molar-refractivity contribution in [3.63, 3.8) is 0 Å². The fraction of sp³-hybridized carbons (Fsp3) is 0.714. The first-order valence-electron chi connectivity index (χ1n) is 6.55. The van der Waals surface area contributed by atoms with Crippen LogP contribution in [0.25, 0.3) is 0 Å². The van der Waals surface area contributed by atoms with Crippen molar-refractivity contribution < 1.29 is 9.52 Å². The van der Waals surface area contributed by atoms with Crippen LogP contribution in [-0.4, -0.2) is 11.2 Å². The van der Waals surface area contributed by atoms with Crippen LogP contribution in [0, 0.1) is 5.92 Å². The van der Waals surface area contributed by atoms with Gasteiger partial charge in [0.1, 0.15) is 5.76 Å². The molecule has 2 nitrogen and oxygen atoms in total. The summed E-state index contributed by atoms with van der Waals surface area (Å²) in [6.45, 7) is 0. The maximum absolute atomic E-state index is 9.89. The summed E-state index contributed by atoms with van der Waals surface area (Å²) in [5.41, 5.74) is 0. The van der Waals surface area contributed by atoms with E-state index in [4.69, 9.17) is 4.42 Å². The maximum atomic E-state index is 9.89. The third-order valence-corrected chi connectivity index (χ3v) is 3.65. The molecular weight excluding hydrogens is 200 g/mol. The highest BCUT2D eigenvalue weighted by Gasteiger charge is 2.15. The fourth-order valence-electron chi connectivity index (χ4n) is 2.67. The SMILES string of the molecule is OC(CCC1CCCCC1)Cc1ccco1. The third-order valence-electron chi connectivity index (χ3n) is 3.65. The summed E-state index contributed by atoms with van der Waals surface area (Å²) in [5, 5.41) is 9.89. The molecule has 1 N–H and O–H groups in total. The van der Waals surface area contributed by atoms with Crippen molar-refractivity contribution in [1.82, 2.24) is 0 Å². The van der Waals surface area contributed by atoms with Gasteiger partial charge in [-0.05, 0) is 30.9 Å². The lowest BCUT2D eigenvalue weighted by Gasteiger charge is -2.22. The van der Waals surface area contributed by atoms with Crippen LogP contribution >= 0.6 is 0 Å². The highest BCUT2D eigenvalue weighted by Crippen LogP contribution is 2.28. The first kappa shape index (κ1) is 11.7. The largest absolute Gasteiger partial charge is 0.469 e. The number of rotatable bonds is 5. The zero-order chi connectivity index (χ0) is 11.2. The van der Waals surface area contributed by atoms with E-state index in [9.17, 15) is 5.11 Å². The van der Waals surface area contributed by atoms with E-state index in [0.29, 0.717) is 6.42 Å². The predicted octanol–water partition coefficient (Wildman–Crippen LogP) is 3.54. The minimum Gasteiger partial charge on any atom is -0.469 e. The van der Waals surface area contributed by atoms with Crippen LogP contribution in [0.1, 0.15) is 50.7 Å². The molecule has 0 aliphatic heterocycles. The van der Waals surface area contributed by atoms with Gasteiger partial charge in [-0.3, -0.25) is 0 Å². The van der Waals surface area contributed by atoms with Crippen molar-refractivity contribution >= 4 is 0 Å². The van der Waals surface area contributed by atoms with Gasteiger partial charge in [-0.1, -0.05) is 32.1 Å². The van der Waals surface area contributed by atoms with Crippen LogP contribution < -0.4 is 0 Å². The Labute approximate surface area is 97.7 Å². The van der Waals surface area contributed by atoms with E-state index in [2.05, 4.69) is 0 Å². The van der Waals surface area contributed by atoms with E-state index in [1.165, 1.54) is 38.5 Å². The summed E-state index contributed by atoms with van der Waals surface area (Å²) in [6.07, 6.45) is 11.1. The fourth-order valence-corrected chi connectivity index (χ4v) is 2.67. The molecule has 2 rings (SSSR count). The van der Waals surface area contributed by atoms with Gasteiger partial charge in [0.25, 0.3) is 0 Å². The van der Waals surface area contributed by atoms with Crippen LogP contribution in [0.2, 0.25) is 0 Å². The molecule has 1 heterocycles. The third kappa shape index (κ3) is 3.67. The van der Waals surface area contributed by atoms with Crippen molar-refractivity contribution in [3.05, 3.63) is 24.2 Å². The molecule has 0 saturated heterocycles. The second kappa shape index (κ2) is 6.09. The van der Waals surface area contributed by atoms with E-state index in [0.717, 1.165) is 18.1 Å². The molecule has 1 unspecified atom stereocenters. The molecule has 0 amide bonds. The monoisotopic (exact) mass is 222 g/mol. The zero-order valence-electron chi connectivity index (χ0n) is 9.90. The Bertz CT molecular complexity index is 273. The molecule has 0 radical (unpaired) electrons. The average Bonchev–Trinajstić information content (AvgIpc) is 2.81. The van der Waals surface area contributed by atoms with Gasteiger partial charge in [0.05, 0.1) is 12.4 Å². The molecule has 0 spiro atoms. The summed E-state index contributed by atoms with van der Waals surface area (Å²) in [5.74, 6) is 1.76. The highest BCUT2D eigenvalue weighted by atomic mass is 16.3. The number of furan rings is 1. The minimum atomic E-state index is -0.229. The summed E-state index contributed by atoms with van der Waals surface area (Å²) in [7, 11) is 0. The van der Waals surface area contributed by atoms with Gasteiger partial charge in [0.2, 0.25) is 0 Å². The molecule has 1 aliphatic rings. The van der Waals surface area contributed by atoms with Gasteiger partial charge < -0.3 is 9.52 Å². The van der Waals surface area contributed by atoms with Crippen molar-refractivity contribution in [2.24, 2.45) is 5.92 Å². The van der Waals surface area contributed by atoms with Crippen molar-refractivity contribution in [2.75, 3.05) is 0 Å². The Kier molecular flexibility index (Phi) is 4.46. The number of aliphatic hydroxyl groups is 1. The molecule has 0 aromatic carbocycles. The summed E-state index contributed by atoms with van der Waals surface area (Å²) < 4.78 is 5.24. The molecule has 90 valence electrons. The second-order valence-electron chi connectivity index (χ2n) is 5.02. The van der Waals surface area contributed by atoms with Gasteiger partial charge in [0, 0.05) is 6.42 Å². The van der Waals surface area contributed by atoms with Gasteiger partial charge in [-0.15, -0.1) is 0 Å².